The number of methoxy groups -OCH3 is 2. The second-order valence-corrected chi connectivity index (χ2v) is 5.99. The van der Waals surface area contributed by atoms with Crippen LogP contribution in [0.25, 0.3) is 0 Å². The van der Waals surface area contributed by atoms with Crippen LogP contribution in [0.1, 0.15) is 16.7 Å². The minimum Gasteiger partial charge on any atom is -0.497 e. The molecular formula is C20H26F2IN3O3. The van der Waals surface area contributed by atoms with E-state index in [2.05, 4.69) is 20.4 Å². The van der Waals surface area contributed by atoms with E-state index in [0.717, 1.165) is 16.9 Å². The first-order chi connectivity index (χ1) is 13.4. The molecule has 0 unspecified atom stereocenters. The number of aryl methyl sites for hydroxylation is 1. The van der Waals surface area contributed by atoms with Crippen molar-refractivity contribution in [2.75, 3.05) is 21.3 Å². The van der Waals surface area contributed by atoms with Crippen LogP contribution in [0.15, 0.2) is 41.4 Å². The summed E-state index contributed by atoms with van der Waals surface area (Å²) in [7, 11) is 4.77. The van der Waals surface area contributed by atoms with E-state index in [-0.39, 0.29) is 36.3 Å². The van der Waals surface area contributed by atoms with E-state index in [1.807, 2.05) is 25.1 Å². The monoisotopic (exact) mass is 521 g/mol. The zero-order valence-corrected chi connectivity index (χ0v) is 19.1. The molecular weight excluding hydrogens is 495 g/mol. The maximum absolute atomic E-state index is 12.6. The minimum absolute atomic E-state index is 0. The van der Waals surface area contributed by atoms with Crippen LogP contribution in [0.2, 0.25) is 0 Å². The van der Waals surface area contributed by atoms with Crippen LogP contribution in [0, 0.1) is 6.92 Å². The highest BCUT2D eigenvalue weighted by Gasteiger charge is 2.12. The number of nitrogens with one attached hydrogen (secondary N) is 2. The van der Waals surface area contributed by atoms with Gasteiger partial charge in [0.25, 0.3) is 0 Å². The molecule has 0 heterocycles. The fourth-order valence-electron chi connectivity index (χ4n) is 2.66. The fourth-order valence-corrected chi connectivity index (χ4v) is 2.66. The van der Waals surface area contributed by atoms with E-state index in [4.69, 9.17) is 9.47 Å². The highest BCUT2D eigenvalue weighted by atomic mass is 127. The Balaban J connectivity index is 0.00000420. The lowest BCUT2D eigenvalue weighted by molar-refractivity contribution is -0.0504. The Kier molecular flexibility index (Phi) is 10.5. The Hall–Kier alpha value is -2.30. The fraction of sp³-hybridized carbons (Fsp3) is 0.350. The van der Waals surface area contributed by atoms with Gasteiger partial charge in [0.05, 0.1) is 14.2 Å². The Morgan fingerprint density at radius 3 is 2.31 bits per heavy atom. The summed E-state index contributed by atoms with van der Waals surface area (Å²) in [5.74, 6) is 1.94. The highest BCUT2D eigenvalue weighted by Crippen LogP contribution is 2.25. The van der Waals surface area contributed by atoms with Crippen LogP contribution < -0.4 is 24.8 Å². The molecule has 2 N–H and O–H groups in total. The van der Waals surface area contributed by atoms with Crippen LogP contribution in [0.4, 0.5) is 8.78 Å². The third-order valence-electron chi connectivity index (χ3n) is 3.96. The summed E-state index contributed by atoms with van der Waals surface area (Å²) in [5.41, 5.74) is 2.65. The predicted molar refractivity (Wildman–Crippen MR) is 120 cm³/mol. The lowest BCUT2D eigenvalue weighted by atomic mass is 10.1. The summed E-state index contributed by atoms with van der Waals surface area (Å²) in [4.78, 5) is 4.16. The Bertz CT molecular complexity index is 820. The third kappa shape index (κ3) is 7.92. The molecule has 0 aliphatic carbocycles. The number of benzene rings is 2. The molecule has 0 saturated heterocycles. The normalized spacial score (nSPS) is 10.9. The number of nitrogens with zero attached hydrogens (tertiary/aromatic N) is 1. The van der Waals surface area contributed by atoms with Crippen molar-refractivity contribution < 1.29 is 23.0 Å². The molecule has 0 radical (unpaired) electrons. The Morgan fingerprint density at radius 1 is 1.00 bits per heavy atom. The molecule has 0 aliphatic rings. The summed E-state index contributed by atoms with van der Waals surface area (Å²) >= 11 is 0. The van der Waals surface area contributed by atoms with Gasteiger partial charge in [0.1, 0.15) is 17.2 Å². The van der Waals surface area contributed by atoms with Gasteiger partial charge in [-0.3, -0.25) is 4.99 Å². The van der Waals surface area contributed by atoms with Gasteiger partial charge >= 0.3 is 6.61 Å². The molecule has 2 aromatic rings. The summed E-state index contributed by atoms with van der Waals surface area (Å²) in [6.45, 7) is -0.153. The molecule has 160 valence electrons. The van der Waals surface area contributed by atoms with Gasteiger partial charge in [-0.2, -0.15) is 8.78 Å². The van der Waals surface area contributed by atoms with Crippen molar-refractivity contribution in [3.8, 4) is 17.2 Å². The number of hydrogen-bond acceptors (Lipinski definition) is 4. The maximum Gasteiger partial charge on any atom is 0.387 e. The number of alkyl halides is 2. The number of rotatable bonds is 8. The van der Waals surface area contributed by atoms with Gasteiger partial charge in [0.15, 0.2) is 5.96 Å². The molecule has 0 saturated carbocycles. The number of ether oxygens (including phenoxy) is 3. The summed E-state index contributed by atoms with van der Waals surface area (Å²) in [6.07, 6.45) is 0. The molecule has 0 spiro atoms. The van der Waals surface area contributed by atoms with Crippen molar-refractivity contribution in [3.63, 3.8) is 0 Å². The SMILES string of the molecule is CN=C(NCc1cc(C)cc(OC)c1)NCc1cc(OC)ccc1OC(F)F.I. The number of guanidine groups is 1. The smallest absolute Gasteiger partial charge is 0.387 e. The second-order valence-electron chi connectivity index (χ2n) is 5.99. The third-order valence-corrected chi connectivity index (χ3v) is 3.96. The first kappa shape index (κ1) is 24.7. The van der Waals surface area contributed by atoms with Gasteiger partial charge in [-0.15, -0.1) is 24.0 Å². The van der Waals surface area contributed by atoms with Crippen molar-refractivity contribution in [2.45, 2.75) is 26.6 Å². The number of halogens is 3. The largest absolute Gasteiger partial charge is 0.497 e. The predicted octanol–water partition coefficient (Wildman–Crippen LogP) is 4.10. The summed E-state index contributed by atoms with van der Waals surface area (Å²) in [5, 5.41) is 6.28. The Labute approximate surface area is 186 Å². The lowest BCUT2D eigenvalue weighted by Gasteiger charge is -2.16. The zero-order valence-electron chi connectivity index (χ0n) is 16.8. The van der Waals surface area contributed by atoms with Gasteiger partial charge < -0.3 is 24.8 Å². The molecule has 0 amide bonds. The molecule has 2 rings (SSSR count). The molecule has 0 bridgehead atoms. The molecule has 29 heavy (non-hydrogen) atoms. The summed E-state index contributed by atoms with van der Waals surface area (Å²) < 4.78 is 40.3. The average molecular weight is 521 g/mol. The molecule has 9 heteroatoms. The standard InChI is InChI=1S/C20H25F2N3O3.HI/c1-13-7-14(9-17(8-13)27-4)11-24-20(23-2)25-12-15-10-16(26-3)5-6-18(15)28-19(21)22;/h5-10,19H,11-12H2,1-4H3,(H2,23,24,25);1H. The van der Waals surface area contributed by atoms with Gasteiger partial charge in [-0.25, -0.2) is 0 Å². The molecule has 0 aliphatic heterocycles. The van der Waals surface area contributed by atoms with Gasteiger partial charge in [0, 0.05) is 25.7 Å². The first-order valence-electron chi connectivity index (χ1n) is 8.66. The van der Waals surface area contributed by atoms with Crippen molar-refractivity contribution in [3.05, 3.63) is 53.1 Å². The van der Waals surface area contributed by atoms with Crippen molar-refractivity contribution in [2.24, 2.45) is 4.99 Å². The second kappa shape index (κ2) is 12.3. The minimum atomic E-state index is -2.90. The highest BCUT2D eigenvalue weighted by molar-refractivity contribution is 14.0. The first-order valence-corrected chi connectivity index (χ1v) is 8.66. The average Bonchev–Trinajstić information content (AvgIpc) is 2.68. The zero-order chi connectivity index (χ0) is 20.5. The van der Waals surface area contributed by atoms with Gasteiger partial charge in [0.2, 0.25) is 0 Å². The summed E-state index contributed by atoms with van der Waals surface area (Å²) in [6, 6.07) is 10.6. The quantitative estimate of drug-likeness (QED) is 0.311. The molecule has 0 atom stereocenters. The molecule has 2 aromatic carbocycles. The molecule has 0 aromatic heterocycles. The van der Waals surface area contributed by atoms with Crippen molar-refractivity contribution in [1.29, 1.82) is 0 Å². The van der Waals surface area contributed by atoms with Crippen LogP contribution in [-0.4, -0.2) is 33.8 Å². The van der Waals surface area contributed by atoms with E-state index in [9.17, 15) is 8.78 Å². The van der Waals surface area contributed by atoms with Crippen LogP contribution in [-0.2, 0) is 13.1 Å². The lowest BCUT2D eigenvalue weighted by Crippen LogP contribution is -2.36. The topological polar surface area (TPSA) is 64.1 Å². The van der Waals surface area contributed by atoms with Gasteiger partial charge in [-0.1, -0.05) is 6.07 Å². The van der Waals surface area contributed by atoms with E-state index in [0.29, 0.717) is 23.8 Å². The van der Waals surface area contributed by atoms with E-state index in [1.165, 1.54) is 13.2 Å². The van der Waals surface area contributed by atoms with E-state index < -0.39 is 6.61 Å². The van der Waals surface area contributed by atoms with Crippen LogP contribution in [0.5, 0.6) is 17.2 Å². The van der Waals surface area contributed by atoms with E-state index in [1.54, 1.807) is 26.3 Å². The number of aliphatic imine (C=N–C) groups is 1. The number of hydrogen-bond donors (Lipinski definition) is 2. The molecule has 0 fully saturated rings. The Morgan fingerprint density at radius 2 is 1.69 bits per heavy atom. The van der Waals surface area contributed by atoms with E-state index >= 15 is 0 Å². The molecule has 6 nitrogen and oxygen atoms in total. The van der Waals surface area contributed by atoms with Crippen LogP contribution >= 0.6 is 24.0 Å². The maximum atomic E-state index is 12.6. The van der Waals surface area contributed by atoms with Gasteiger partial charge in [-0.05, 0) is 48.4 Å². The van der Waals surface area contributed by atoms with Crippen molar-refractivity contribution >= 4 is 29.9 Å². The van der Waals surface area contributed by atoms with Crippen LogP contribution in [0.3, 0.4) is 0 Å². The van der Waals surface area contributed by atoms with Crippen molar-refractivity contribution in [1.82, 2.24) is 10.6 Å².